The molecule has 1 aliphatic heterocycles. The molecule has 0 saturated carbocycles. The van der Waals surface area contributed by atoms with E-state index in [0.29, 0.717) is 11.3 Å². The summed E-state index contributed by atoms with van der Waals surface area (Å²) < 4.78 is 27.3. The second kappa shape index (κ2) is 6.47. The third-order valence-electron chi connectivity index (χ3n) is 4.52. The molecule has 0 saturated heterocycles. The van der Waals surface area contributed by atoms with Gasteiger partial charge in [-0.25, -0.2) is 13.8 Å². The summed E-state index contributed by atoms with van der Waals surface area (Å²) in [6, 6.07) is 10.3. The summed E-state index contributed by atoms with van der Waals surface area (Å²) in [5, 5.41) is 0. The Morgan fingerprint density at radius 3 is 2.64 bits per heavy atom. The standard InChI is InChI=1S/C20H23F2N3/c1-14(2)25-12-6-11-24(4)18-10-9-17(23-19(18)25)15-7-5-8-16(13-15)20(3,21)22/h5,7-10,13H,1,6,11-12H2,2-4H3. The van der Waals surface area contributed by atoms with Crippen LogP contribution >= 0.6 is 0 Å². The molecule has 2 heterocycles. The average molecular weight is 343 g/mol. The molecule has 2 aromatic rings. The van der Waals surface area contributed by atoms with E-state index in [4.69, 9.17) is 4.98 Å². The zero-order valence-electron chi connectivity index (χ0n) is 14.9. The Morgan fingerprint density at radius 1 is 1.20 bits per heavy atom. The number of nitrogens with zero attached hydrogens (tertiary/aromatic N) is 3. The van der Waals surface area contributed by atoms with Gasteiger partial charge in [-0.15, -0.1) is 0 Å². The van der Waals surface area contributed by atoms with Gasteiger partial charge in [-0.05, 0) is 31.5 Å². The Kier molecular flexibility index (Phi) is 4.50. The predicted octanol–water partition coefficient (Wildman–Crippen LogP) is 5.04. The van der Waals surface area contributed by atoms with Gasteiger partial charge in [-0.3, -0.25) is 0 Å². The molecule has 0 spiro atoms. The van der Waals surface area contributed by atoms with Crippen LogP contribution in [0.4, 0.5) is 20.3 Å². The van der Waals surface area contributed by atoms with E-state index in [2.05, 4.69) is 16.4 Å². The highest BCUT2D eigenvalue weighted by Crippen LogP contribution is 2.35. The van der Waals surface area contributed by atoms with Crippen LogP contribution in [0.3, 0.4) is 0 Å². The fourth-order valence-electron chi connectivity index (χ4n) is 3.11. The van der Waals surface area contributed by atoms with Crippen molar-refractivity contribution in [2.24, 2.45) is 0 Å². The maximum Gasteiger partial charge on any atom is 0.270 e. The molecule has 3 nitrogen and oxygen atoms in total. The molecule has 1 aromatic carbocycles. The van der Waals surface area contributed by atoms with Crippen LogP contribution in [0.5, 0.6) is 0 Å². The molecule has 25 heavy (non-hydrogen) atoms. The van der Waals surface area contributed by atoms with E-state index in [1.165, 1.54) is 12.1 Å². The molecule has 0 fully saturated rings. The summed E-state index contributed by atoms with van der Waals surface area (Å²) in [5.74, 6) is -2.04. The second-order valence-corrected chi connectivity index (χ2v) is 6.67. The minimum absolute atomic E-state index is 0.00406. The Labute approximate surface area is 147 Å². The van der Waals surface area contributed by atoms with Crippen molar-refractivity contribution < 1.29 is 8.78 Å². The van der Waals surface area contributed by atoms with Crippen LogP contribution in [-0.2, 0) is 5.92 Å². The number of benzene rings is 1. The van der Waals surface area contributed by atoms with Gasteiger partial charge in [0.15, 0.2) is 5.82 Å². The van der Waals surface area contributed by atoms with Gasteiger partial charge in [-0.1, -0.05) is 24.8 Å². The lowest BCUT2D eigenvalue weighted by Crippen LogP contribution is -2.22. The SMILES string of the molecule is C=C(C)N1CCCN(C)c2ccc(-c3cccc(C(C)(F)F)c3)nc21. The zero-order valence-corrected chi connectivity index (χ0v) is 14.9. The van der Waals surface area contributed by atoms with Crippen molar-refractivity contribution in [2.75, 3.05) is 29.9 Å². The summed E-state index contributed by atoms with van der Waals surface area (Å²) in [5.41, 5.74) is 3.33. The number of alkyl halides is 2. The molecule has 132 valence electrons. The van der Waals surface area contributed by atoms with Crippen LogP contribution in [0, 0.1) is 0 Å². The number of anilines is 2. The monoisotopic (exact) mass is 343 g/mol. The smallest absolute Gasteiger partial charge is 0.270 e. The fraction of sp³-hybridized carbons (Fsp3) is 0.350. The Hall–Kier alpha value is -2.43. The van der Waals surface area contributed by atoms with Crippen LogP contribution in [0.1, 0.15) is 25.8 Å². The molecular formula is C20H23F2N3. The third-order valence-corrected chi connectivity index (χ3v) is 4.52. The maximum atomic E-state index is 13.6. The number of hydrogen-bond acceptors (Lipinski definition) is 3. The number of rotatable bonds is 3. The number of pyridine rings is 1. The van der Waals surface area contributed by atoms with E-state index in [0.717, 1.165) is 43.6 Å². The normalized spacial score (nSPS) is 14.9. The van der Waals surface area contributed by atoms with E-state index in [-0.39, 0.29) is 5.56 Å². The van der Waals surface area contributed by atoms with E-state index in [1.807, 2.05) is 32.2 Å². The molecule has 0 atom stereocenters. The second-order valence-electron chi connectivity index (χ2n) is 6.67. The summed E-state index contributed by atoms with van der Waals surface area (Å²) >= 11 is 0. The van der Waals surface area contributed by atoms with Crippen molar-refractivity contribution in [3.05, 3.63) is 54.2 Å². The average Bonchev–Trinajstić information content (AvgIpc) is 2.73. The predicted molar refractivity (Wildman–Crippen MR) is 99.3 cm³/mol. The summed E-state index contributed by atoms with van der Waals surface area (Å²) in [7, 11) is 2.04. The van der Waals surface area contributed by atoms with Crippen molar-refractivity contribution in [2.45, 2.75) is 26.2 Å². The first kappa shape index (κ1) is 17.4. The Bertz CT molecular complexity index is 796. The number of hydrogen-bond donors (Lipinski definition) is 0. The van der Waals surface area contributed by atoms with Gasteiger partial charge >= 0.3 is 0 Å². The van der Waals surface area contributed by atoms with Crippen molar-refractivity contribution >= 4 is 11.5 Å². The molecule has 0 aliphatic carbocycles. The topological polar surface area (TPSA) is 19.4 Å². The molecule has 0 N–H and O–H groups in total. The molecule has 1 aromatic heterocycles. The van der Waals surface area contributed by atoms with E-state index in [1.54, 1.807) is 6.07 Å². The fourth-order valence-corrected chi connectivity index (χ4v) is 3.11. The first-order chi connectivity index (χ1) is 11.8. The lowest BCUT2D eigenvalue weighted by atomic mass is 10.0. The van der Waals surface area contributed by atoms with E-state index < -0.39 is 5.92 Å². The van der Waals surface area contributed by atoms with E-state index in [9.17, 15) is 8.78 Å². The van der Waals surface area contributed by atoms with Crippen LogP contribution in [0.2, 0.25) is 0 Å². The first-order valence-electron chi connectivity index (χ1n) is 8.41. The quantitative estimate of drug-likeness (QED) is 0.778. The zero-order chi connectivity index (χ0) is 18.2. The molecule has 0 bridgehead atoms. The van der Waals surface area contributed by atoms with Crippen LogP contribution in [-0.4, -0.2) is 25.1 Å². The summed E-state index contributed by atoms with van der Waals surface area (Å²) in [6.07, 6.45) is 1.01. The van der Waals surface area contributed by atoms with Crippen LogP contribution in [0.25, 0.3) is 11.3 Å². The van der Waals surface area contributed by atoms with Gasteiger partial charge in [0.05, 0.1) is 11.4 Å². The lowest BCUT2D eigenvalue weighted by Gasteiger charge is -2.25. The number of aromatic nitrogens is 1. The first-order valence-corrected chi connectivity index (χ1v) is 8.41. The van der Waals surface area contributed by atoms with Gasteiger partial charge in [0.1, 0.15) is 0 Å². The van der Waals surface area contributed by atoms with Crippen molar-refractivity contribution in [3.8, 4) is 11.3 Å². The van der Waals surface area contributed by atoms with Crippen molar-refractivity contribution in [1.82, 2.24) is 4.98 Å². The van der Waals surface area contributed by atoms with E-state index >= 15 is 0 Å². The van der Waals surface area contributed by atoms with Gasteiger partial charge in [0.2, 0.25) is 0 Å². The summed E-state index contributed by atoms with van der Waals surface area (Å²) in [4.78, 5) is 9.07. The Balaban J connectivity index is 2.10. The lowest BCUT2D eigenvalue weighted by molar-refractivity contribution is 0.0175. The maximum absolute atomic E-state index is 13.6. The van der Waals surface area contributed by atoms with Crippen molar-refractivity contribution in [3.63, 3.8) is 0 Å². The van der Waals surface area contributed by atoms with Gasteiger partial charge in [0, 0.05) is 43.9 Å². The summed E-state index contributed by atoms with van der Waals surface area (Å²) in [6.45, 7) is 8.72. The highest BCUT2D eigenvalue weighted by atomic mass is 19.3. The number of halogens is 2. The molecular weight excluding hydrogens is 320 g/mol. The van der Waals surface area contributed by atoms with Crippen LogP contribution in [0.15, 0.2) is 48.7 Å². The minimum Gasteiger partial charge on any atom is -0.372 e. The highest BCUT2D eigenvalue weighted by Gasteiger charge is 2.25. The van der Waals surface area contributed by atoms with Crippen LogP contribution < -0.4 is 9.80 Å². The highest BCUT2D eigenvalue weighted by molar-refractivity contribution is 5.74. The third kappa shape index (κ3) is 3.50. The molecule has 0 unspecified atom stereocenters. The molecule has 0 radical (unpaired) electrons. The van der Waals surface area contributed by atoms with Gasteiger partial charge in [-0.2, -0.15) is 0 Å². The minimum atomic E-state index is -2.87. The number of fused-ring (bicyclic) bond motifs is 1. The van der Waals surface area contributed by atoms with Gasteiger partial charge < -0.3 is 9.80 Å². The molecule has 5 heteroatoms. The largest absolute Gasteiger partial charge is 0.372 e. The number of allylic oxidation sites excluding steroid dienone is 1. The molecule has 1 aliphatic rings. The van der Waals surface area contributed by atoms with Gasteiger partial charge in [0.25, 0.3) is 5.92 Å². The Morgan fingerprint density at radius 2 is 1.96 bits per heavy atom. The molecule has 0 amide bonds. The van der Waals surface area contributed by atoms with Crippen molar-refractivity contribution in [1.29, 1.82) is 0 Å². The molecule has 3 rings (SSSR count).